The summed E-state index contributed by atoms with van der Waals surface area (Å²) in [5.41, 5.74) is 0.992. The zero-order valence-corrected chi connectivity index (χ0v) is 13.2. The third kappa shape index (κ3) is 3.85. The predicted octanol–water partition coefficient (Wildman–Crippen LogP) is 0.592. The number of nitrogens with zero attached hydrogens (tertiary/aromatic N) is 1. The Bertz CT molecular complexity index is 587. The van der Waals surface area contributed by atoms with Crippen LogP contribution < -0.4 is 10.0 Å². The minimum atomic E-state index is -3.43. The van der Waals surface area contributed by atoms with E-state index in [1.165, 1.54) is 12.8 Å². The van der Waals surface area contributed by atoms with Gasteiger partial charge in [0, 0.05) is 44.7 Å². The highest BCUT2D eigenvalue weighted by atomic mass is 32.2. The molecule has 1 aliphatic heterocycles. The summed E-state index contributed by atoms with van der Waals surface area (Å²) in [6.45, 7) is 2.54. The molecule has 1 atom stereocenters. The minimum Gasteiger partial charge on any atom is -0.381 e. The van der Waals surface area contributed by atoms with Crippen LogP contribution in [0.15, 0.2) is 17.2 Å². The van der Waals surface area contributed by atoms with Gasteiger partial charge in [-0.2, -0.15) is 0 Å². The quantitative estimate of drug-likeness (QED) is 0.773. The first-order chi connectivity index (χ1) is 10.0. The molecule has 6 nitrogen and oxygen atoms in total. The van der Waals surface area contributed by atoms with Crippen molar-refractivity contribution < 1.29 is 13.2 Å². The molecule has 0 spiro atoms. The number of nitrogens with one attached hydrogen (secondary N) is 2. The summed E-state index contributed by atoms with van der Waals surface area (Å²) in [7, 11) is -1.54. The van der Waals surface area contributed by atoms with Crippen LogP contribution in [0.5, 0.6) is 0 Å². The number of sulfonamides is 1. The molecule has 1 aliphatic carbocycles. The average molecular weight is 313 g/mol. The van der Waals surface area contributed by atoms with Crippen molar-refractivity contribution in [2.24, 2.45) is 13.0 Å². The molecule has 0 amide bonds. The molecule has 0 radical (unpaired) electrons. The number of ether oxygens (including phenoxy) is 1. The van der Waals surface area contributed by atoms with Gasteiger partial charge in [-0.25, -0.2) is 13.1 Å². The van der Waals surface area contributed by atoms with Crippen LogP contribution in [0.4, 0.5) is 0 Å². The van der Waals surface area contributed by atoms with Crippen LogP contribution in [0.3, 0.4) is 0 Å². The highest BCUT2D eigenvalue weighted by Crippen LogP contribution is 2.20. The molecule has 1 unspecified atom stereocenters. The standard InChI is InChI=1S/C14H23N3O3S/c1-17-9-14(6-13(17)8-15-12-2-3-12)21(18,19)16-7-11-4-5-20-10-11/h6,9,11-12,15-16H,2-5,7-8,10H2,1H3. The smallest absolute Gasteiger partial charge is 0.242 e. The van der Waals surface area contributed by atoms with Crippen molar-refractivity contribution in [3.63, 3.8) is 0 Å². The van der Waals surface area contributed by atoms with Gasteiger partial charge in [0.1, 0.15) is 0 Å². The van der Waals surface area contributed by atoms with Crippen LogP contribution in [0.1, 0.15) is 25.0 Å². The van der Waals surface area contributed by atoms with Crippen molar-refractivity contribution in [1.82, 2.24) is 14.6 Å². The van der Waals surface area contributed by atoms with E-state index in [4.69, 9.17) is 4.74 Å². The van der Waals surface area contributed by atoms with E-state index in [0.29, 0.717) is 36.6 Å². The summed E-state index contributed by atoms with van der Waals surface area (Å²) >= 11 is 0. The molecule has 2 aliphatic rings. The topological polar surface area (TPSA) is 72.4 Å². The maximum absolute atomic E-state index is 12.3. The second-order valence-corrected chi connectivity index (χ2v) is 7.78. The fourth-order valence-corrected chi connectivity index (χ4v) is 3.70. The van der Waals surface area contributed by atoms with E-state index in [2.05, 4.69) is 10.0 Å². The van der Waals surface area contributed by atoms with Gasteiger partial charge in [-0.05, 0) is 31.2 Å². The van der Waals surface area contributed by atoms with E-state index < -0.39 is 10.0 Å². The monoisotopic (exact) mass is 313 g/mol. The lowest BCUT2D eigenvalue weighted by molar-refractivity contribution is 0.186. The van der Waals surface area contributed by atoms with Crippen molar-refractivity contribution in [1.29, 1.82) is 0 Å². The second-order valence-electron chi connectivity index (χ2n) is 6.01. The van der Waals surface area contributed by atoms with Crippen LogP contribution in [0, 0.1) is 5.92 Å². The summed E-state index contributed by atoms with van der Waals surface area (Å²) in [6, 6.07) is 2.36. The maximum atomic E-state index is 12.3. The molecule has 0 aromatic carbocycles. The lowest BCUT2D eigenvalue weighted by Crippen LogP contribution is -2.29. The van der Waals surface area contributed by atoms with Gasteiger partial charge >= 0.3 is 0 Å². The molecular formula is C14H23N3O3S. The van der Waals surface area contributed by atoms with E-state index in [9.17, 15) is 8.42 Å². The van der Waals surface area contributed by atoms with Crippen molar-refractivity contribution in [3.05, 3.63) is 18.0 Å². The zero-order valence-electron chi connectivity index (χ0n) is 12.3. The van der Waals surface area contributed by atoms with Gasteiger partial charge in [0.05, 0.1) is 11.5 Å². The third-order valence-corrected chi connectivity index (χ3v) is 5.52. The Hall–Kier alpha value is -0.890. The lowest BCUT2D eigenvalue weighted by Gasteiger charge is -2.08. The Morgan fingerprint density at radius 2 is 2.19 bits per heavy atom. The van der Waals surface area contributed by atoms with Crippen LogP contribution in [0.25, 0.3) is 0 Å². The molecule has 2 N–H and O–H groups in total. The maximum Gasteiger partial charge on any atom is 0.242 e. The highest BCUT2D eigenvalue weighted by Gasteiger charge is 2.23. The number of rotatable bonds is 7. The molecule has 118 valence electrons. The van der Waals surface area contributed by atoms with Gasteiger partial charge in [0.15, 0.2) is 0 Å². The Balaban J connectivity index is 1.61. The van der Waals surface area contributed by atoms with Gasteiger partial charge < -0.3 is 14.6 Å². The first-order valence-electron chi connectivity index (χ1n) is 7.50. The number of aryl methyl sites for hydroxylation is 1. The minimum absolute atomic E-state index is 0.291. The average Bonchev–Trinajstić information content (AvgIpc) is 2.98. The fraction of sp³-hybridized carbons (Fsp3) is 0.714. The largest absolute Gasteiger partial charge is 0.381 e. The summed E-state index contributed by atoms with van der Waals surface area (Å²) in [6.07, 6.45) is 5.05. The molecular weight excluding hydrogens is 290 g/mol. The molecule has 1 aromatic rings. The molecule has 3 rings (SSSR count). The van der Waals surface area contributed by atoms with Crippen molar-refractivity contribution >= 4 is 10.0 Å². The van der Waals surface area contributed by atoms with E-state index >= 15 is 0 Å². The molecule has 1 aromatic heterocycles. The van der Waals surface area contributed by atoms with Gasteiger partial charge in [-0.15, -0.1) is 0 Å². The Kier molecular flexibility index (Phi) is 4.35. The Morgan fingerprint density at radius 3 is 2.86 bits per heavy atom. The van der Waals surface area contributed by atoms with E-state index in [0.717, 1.165) is 18.7 Å². The van der Waals surface area contributed by atoms with E-state index in [-0.39, 0.29) is 0 Å². The summed E-state index contributed by atoms with van der Waals surface area (Å²) in [4.78, 5) is 0.344. The predicted molar refractivity (Wildman–Crippen MR) is 79.4 cm³/mol. The molecule has 0 bridgehead atoms. The summed E-state index contributed by atoms with van der Waals surface area (Å²) < 4.78 is 34.5. The first-order valence-corrected chi connectivity index (χ1v) is 8.99. The fourth-order valence-electron chi connectivity index (χ4n) is 2.49. The van der Waals surface area contributed by atoms with E-state index in [1.54, 1.807) is 12.3 Å². The van der Waals surface area contributed by atoms with Crippen LogP contribution >= 0.6 is 0 Å². The summed E-state index contributed by atoms with van der Waals surface area (Å²) in [5.74, 6) is 0.291. The van der Waals surface area contributed by atoms with Gasteiger partial charge in [0.25, 0.3) is 0 Å². The molecule has 1 saturated heterocycles. The summed E-state index contributed by atoms with van der Waals surface area (Å²) in [5, 5.41) is 3.40. The molecule has 1 saturated carbocycles. The van der Waals surface area contributed by atoms with Crippen molar-refractivity contribution in [3.8, 4) is 0 Å². The number of hydrogen-bond acceptors (Lipinski definition) is 4. The lowest BCUT2D eigenvalue weighted by atomic mass is 10.1. The molecule has 2 fully saturated rings. The van der Waals surface area contributed by atoms with Crippen molar-refractivity contribution in [2.75, 3.05) is 19.8 Å². The number of aromatic nitrogens is 1. The normalized spacial score (nSPS) is 22.8. The highest BCUT2D eigenvalue weighted by molar-refractivity contribution is 7.89. The molecule has 2 heterocycles. The van der Waals surface area contributed by atoms with Crippen LogP contribution in [0.2, 0.25) is 0 Å². The van der Waals surface area contributed by atoms with Gasteiger partial charge in [0.2, 0.25) is 10.0 Å². The van der Waals surface area contributed by atoms with E-state index in [1.807, 2.05) is 11.6 Å². The van der Waals surface area contributed by atoms with Crippen molar-refractivity contribution in [2.45, 2.75) is 36.7 Å². The first kappa shape index (κ1) is 15.0. The molecule has 7 heteroatoms. The third-order valence-electron chi connectivity index (χ3n) is 4.13. The van der Waals surface area contributed by atoms with Gasteiger partial charge in [-0.3, -0.25) is 0 Å². The zero-order chi connectivity index (χ0) is 14.9. The SMILES string of the molecule is Cn1cc(S(=O)(=O)NCC2CCOC2)cc1CNC1CC1. The molecule has 21 heavy (non-hydrogen) atoms. The van der Waals surface area contributed by atoms with Crippen LogP contribution in [-0.2, 0) is 28.4 Å². The second kappa shape index (κ2) is 6.08. The van der Waals surface area contributed by atoms with Crippen LogP contribution in [-0.4, -0.2) is 38.8 Å². The van der Waals surface area contributed by atoms with Gasteiger partial charge in [-0.1, -0.05) is 0 Å². The Morgan fingerprint density at radius 1 is 1.38 bits per heavy atom. The number of hydrogen-bond donors (Lipinski definition) is 2. The Labute approximate surface area is 125 Å².